The standard InChI is InChI=1S/C15H20N4/c1-3-19(11-13-7-4-5-9-17-13)15-14(12(2)16)8-6-10-18-15/h4-10,12H,3,11,16H2,1-2H3/t12-/m1/s1. The molecule has 1 atom stereocenters. The van der Waals surface area contributed by atoms with Crippen molar-refractivity contribution in [1.29, 1.82) is 0 Å². The molecule has 0 aliphatic carbocycles. The molecular formula is C15H20N4. The molecule has 0 amide bonds. The van der Waals surface area contributed by atoms with Crippen molar-refractivity contribution in [2.45, 2.75) is 26.4 Å². The van der Waals surface area contributed by atoms with Crippen LogP contribution >= 0.6 is 0 Å². The number of pyridine rings is 2. The number of nitrogens with two attached hydrogens (primary N) is 1. The van der Waals surface area contributed by atoms with Crippen LogP contribution in [0.3, 0.4) is 0 Å². The molecule has 0 aromatic carbocycles. The molecule has 0 unspecified atom stereocenters. The van der Waals surface area contributed by atoms with E-state index in [0.717, 1.165) is 30.2 Å². The van der Waals surface area contributed by atoms with E-state index in [4.69, 9.17) is 5.73 Å². The minimum Gasteiger partial charge on any atom is -0.351 e. The Hall–Kier alpha value is -1.94. The third kappa shape index (κ3) is 3.29. The Morgan fingerprint density at radius 2 is 1.95 bits per heavy atom. The molecule has 0 bridgehead atoms. The highest BCUT2D eigenvalue weighted by Gasteiger charge is 2.14. The van der Waals surface area contributed by atoms with Gasteiger partial charge < -0.3 is 10.6 Å². The summed E-state index contributed by atoms with van der Waals surface area (Å²) in [6, 6.07) is 9.89. The molecule has 19 heavy (non-hydrogen) atoms. The summed E-state index contributed by atoms with van der Waals surface area (Å²) >= 11 is 0. The van der Waals surface area contributed by atoms with Crippen molar-refractivity contribution in [3.63, 3.8) is 0 Å². The molecular weight excluding hydrogens is 236 g/mol. The van der Waals surface area contributed by atoms with E-state index >= 15 is 0 Å². The van der Waals surface area contributed by atoms with Gasteiger partial charge in [-0.25, -0.2) is 4.98 Å². The van der Waals surface area contributed by atoms with Gasteiger partial charge in [-0.05, 0) is 32.0 Å². The summed E-state index contributed by atoms with van der Waals surface area (Å²) in [6.07, 6.45) is 3.62. The van der Waals surface area contributed by atoms with Crippen LogP contribution in [0.4, 0.5) is 5.82 Å². The second kappa shape index (κ2) is 6.29. The maximum Gasteiger partial charge on any atom is 0.133 e. The first-order chi connectivity index (χ1) is 9.22. The Kier molecular flexibility index (Phi) is 4.47. The summed E-state index contributed by atoms with van der Waals surface area (Å²) in [5.41, 5.74) is 8.12. The molecule has 100 valence electrons. The van der Waals surface area contributed by atoms with E-state index in [2.05, 4.69) is 21.8 Å². The maximum absolute atomic E-state index is 6.02. The number of rotatable bonds is 5. The van der Waals surface area contributed by atoms with Crippen molar-refractivity contribution >= 4 is 5.82 Å². The molecule has 0 radical (unpaired) electrons. The van der Waals surface area contributed by atoms with Crippen molar-refractivity contribution in [1.82, 2.24) is 9.97 Å². The van der Waals surface area contributed by atoms with E-state index in [9.17, 15) is 0 Å². The Morgan fingerprint density at radius 3 is 2.58 bits per heavy atom. The largest absolute Gasteiger partial charge is 0.351 e. The Balaban J connectivity index is 2.27. The van der Waals surface area contributed by atoms with Crippen LogP contribution < -0.4 is 10.6 Å². The van der Waals surface area contributed by atoms with Crippen LogP contribution in [0.1, 0.15) is 31.1 Å². The number of hydrogen-bond acceptors (Lipinski definition) is 4. The lowest BCUT2D eigenvalue weighted by Crippen LogP contribution is -2.26. The lowest BCUT2D eigenvalue weighted by atomic mass is 10.1. The summed E-state index contributed by atoms with van der Waals surface area (Å²) in [5.74, 6) is 0.950. The maximum atomic E-state index is 6.02. The molecule has 2 rings (SSSR count). The van der Waals surface area contributed by atoms with E-state index in [1.807, 2.05) is 49.6 Å². The normalized spacial score (nSPS) is 12.2. The zero-order chi connectivity index (χ0) is 13.7. The number of anilines is 1. The summed E-state index contributed by atoms with van der Waals surface area (Å²) in [5, 5.41) is 0. The first kappa shape index (κ1) is 13.5. The van der Waals surface area contributed by atoms with E-state index in [1.54, 1.807) is 0 Å². The summed E-state index contributed by atoms with van der Waals surface area (Å²) in [6.45, 7) is 5.71. The first-order valence-electron chi connectivity index (χ1n) is 6.57. The van der Waals surface area contributed by atoms with Crippen LogP contribution in [-0.4, -0.2) is 16.5 Å². The number of nitrogens with zero attached hydrogens (tertiary/aromatic N) is 3. The minimum absolute atomic E-state index is 0.0264. The second-order valence-electron chi connectivity index (χ2n) is 4.54. The van der Waals surface area contributed by atoms with Crippen LogP contribution in [0.5, 0.6) is 0 Å². The third-order valence-corrected chi connectivity index (χ3v) is 3.07. The average Bonchev–Trinajstić information content (AvgIpc) is 2.46. The zero-order valence-corrected chi connectivity index (χ0v) is 11.5. The molecule has 0 saturated heterocycles. The molecule has 2 N–H and O–H groups in total. The van der Waals surface area contributed by atoms with E-state index < -0.39 is 0 Å². The highest BCUT2D eigenvalue weighted by Crippen LogP contribution is 2.23. The van der Waals surface area contributed by atoms with Gasteiger partial charge in [0.25, 0.3) is 0 Å². The fourth-order valence-electron chi connectivity index (χ4n) is 2.05. The van der Waals surface area contributed by atoms with Gasteiger partial charge in [0.15, 0.2) is 0 Å². The molecule has 4 nitrogen and oxygen atoms in total. The predicted octanol–water partition coefficient (Wildman–Crippen LogP) is 2.52. The SMILES string of the molecule is CCN(Cc1ccccn1)c1ncccc1[C@@H](C)N. The van der Waals surface area contributed by atoms with E-state index in [-0.39, 0.29) is 6.04 Å². The Labute approximate surface area is 114 Å². The van der Waals surface area contributed by atoms with Gasteiger partial charge in [0.05, 0.1) is 12.2 Å². The van der Waals surface area contributed by atoms with Gasteiger partial charge >= 0.3 is 0 Å². The number of aromatic nitrogens is 2. The molecule has 0 fully saturated rings. The van der Waals surface area contributed by atoms with Gasteiger partial charge in [0.1, 0.15) is 5.82 Å². The Bertz CT molecular complexity index is 511. The summed E-state index contributed by atoms with van der Waals surface area (Å²) in [7, 11) is 0. The monoisotopic (exact) mass is 256 g/mol. The lowest BCUT2D eigenvalue weighted by Gasteiger charge is -2.25. The van der Waals surface area contributed by atoms with Gasteiger partial charge in [0, 0.05) is 30.5 Å². The van der Waals surface area contributed by atoms with E-state index in [0.29, 0.717) is 0 Å². The smallest absolute Gasteiger partial charge is 0.133 e. The lowest BCUT2D eigenvalue weighted by molar-refractivity contribution is 0.753. The fraction of sp³-hybridized carbons (Fsp3) is 0.333. The quantitative estimate of drug-likeness (QED) is 0.893. The van der Waals surface area contributed by atoms with Crippen LogP contribution in [0.15, 0.2) is 42.7 Å². The van der Waals surface area contributed by atoms with Crippen molar-refractivity contribution in [3.05, 3.63) is 54.0 Å². The molecule has 4 heteroatoms. The van der Waals surface area contributed by atoms with Crippen molar-refractivity contribution in [2.75, 3.05) is 11.4 Å². The highest BCUT2D eigenvalue weighted by atomic mass is 15.2. The van der Waals surface area contributed by atoms with Gasteiger partial charge in [0.2, 0.25) is 0 Å². The van der Waals surface area contributed by atoms with Gasteiger partial charge in [-0.15, -0.1) is 0 Å². The minimum atomic E-state index is -0.0264. The fourth-order valence-corrected chi connectivity index (χ4v) is 2.05. The molecule has 0 aliphatic rings. The van der Waals surface area contributed by atoms with Gasteiger partial charge in [-0.1, -0.05) is 12.1 Å². The second-order valence-corrected chi connectivity index (χ2v) is 4.54. The summed E-state index contributed by atoms with van der Waals surface area (Å²) < 4.78 is 0. The van der Waals surface area contributed by atoms with E-state index in [1.165, 1.54) is 0 Å². The van der Waals surface area contributed by atoms with Gasteiger partial charge in [-0.3, -0.25) is 4.98 Å². The molecule has 0 spiro atoms. The highest BCUT2D eigenvalue weighted by molar-refractivity contribution is 5.48. The van der Waals surface area contributed by atoms with Crippen molar-refractivity contribution in [3.8, 4) is 0 Å². The third-order valence-electron chi connectivity index (χ3n) is 3.07. The predicted molar refractivity (Wildman–Crippen MR) is 77.8 cm³/mol. The molecule has 2 aromatic rings. The molecule has 0 saturated carbocycles. The van der Waals surface area contributed by atoms with Crippen molar-refractivity contribution < 1.29 is 0 Å². The van der Waals surface area contributed by atoms with Gasteiger partial charge in [-0.2, -0.15) is 0 Å². The first-order valence-corrected chi connectivity index (χ1v) is 6.57. The molecule has 2 heterocycles. The summed E-state index contributed by atoms with van der Waals surface area (Å²) in [4.78, 5) is 11.0. The molecule has 0 aliphatic heterocycles. The topological polar surface area (TPSA) is 55.0 Å². The van der Waals surface area contributed by atoms with Crippen LogP contribution in [0, 0.1) is 0 Å². The Morgan fingerprint density at radius 1 is 1.16 bits per heavy atom. The number of hydrogen-bond donors (Lipinski definition) is 1. The zero-order valence-electron chi connectivity index (χ0n) is 11.5. The van der Waals surface area contributed by atoms with Crippen LogP contribution in [0.2, 0.25) is 0 Å². The van der Waals surface area contributed by atoms with Crippen LogP contribution in [0.25, 0.3) is 0 Å². The molecule has 2 aromatic heterocycles. The average molecular weight is 256 g/mol. The van der Waals surface area contributed by atoms with Crippen molar-refractivity contribution in [2.24, 2.45) is 5.73 Å². The van der Waals surface area contributed by atoms with Crippen LogP contribution in [-0.2, 0) is 6.54 Å².